The molecule has 350 valence electrons. The first-order valence-corrected chi connectivity index (χ1v) is 19.8. The summed E-state index contributed by atoms with van der Waals surface area (Å²) in [6, 6.07) is 6.74. The van der Waals surface area contributed by atoms with Gasteiger partial charge >= 0.3 is 0 Å². The van der Waals surface area contributed by atoms with Crippen molar-refractivity contribution in [3.8, 4) is 34.3 Å². The zero-order valence-corrected chi connectivity index (χ0v) is 33.3. The molecule has 0 radical (unpaired) electrons. The van der Waals surface area contributed by atoms with Gasteiger partial charge in [-0.1, -0.05) is 0 Å². The molecule has 1 aromatic heterocycles. The van der Waals surface area contributed by atoms with Crippen molar-refractivity contribution in [2.24, 2.45) is 0 Å². The van der Waals surface area contributed by atoms with Gasteiger partial charge in [0.05, 0.1) is 25.4 Å². The largest absolute Gasteiger partial charge is 0.507 e. The van der Waals surface area contributed by atoms with Gasteiger partial charge in [-0.3, -0.25) is 4.79 Å². The van der Waals surface area contributed by atoms with E-state index in [1.54, 1.807) is 0 Å². The monoisotopic (exact) mass is 902 g/mol. The fraction of sp³-hybridized carbons (Fsp3) is 0.615. The lowest BCUT2D eigenvalue weighted by Gasteiger charge is -2.45. The second-order valence-corrected chi connectivity index (χ2v) is 15.7. The minimum Gasteiger partial charge on any atom is -0.507 e. The molecule has 0 amide bonds. The van der Waals surface area contributed by atoms with Gasteiger partial charge in [0.1, 0.15) is 101 Å². The van der Waals surface area contributed by atoms with Gasteiger partial charge in [-0.2, -0.15) is 0 Å². The minimum absolute atomic E-state index is 0.0607. The van der Waals surface area contributed by atoms with E-state index in [-0.39, 0.29) is 33.8 Å². The van der Waals surface area contributed by atoms with Crippen molar-refractivity contribution >= 4 is 11.0 Å². The van der Waals surface area contributed by atoms with Crippen molar-refractivity contribution in [2.45, 2.75) is 137 Å². The van der Waals surface area contributed by atoms with Crippen LogP contribution in [0.25, 0.3) is 22.3 Å². The molecule has 0 saturated carbocycles. The number of benzene rings is 2. The van der Waals surface area contributed by atoms with Crippen LogP contribution in [-0.2, 0) is 28.4 Å². The van der Waals surface area contributed by atoms with Crippen molar-refractivity contribution in [3.63, 3.8) is 0 Å². The van der Waals surface area contributed by atoms with Crippen molar-refractivity contribution in [3.05, 3.63) is 46.6 Å². The molecule has 63 heavy (non-hydrogen) atoms. The Morgan fingerprint density at radius 1 is 0.540 bits per heavy atom. The van der Waals surface area contributed by atoms with Crippen LogP contribution < -0.4 is 14.9 Å². The van der Waals surface area contributed by atoms with E-state index in [2.05, 4.69) is 0 Å². The van der Waals surface area contributed by atoms with Gasteiger partial charge in [-0.15, -0.1) is 0 Å². The van der Waals surface area contributed by atoms with Crippen LogP contribution in [0.3, 0.4) is 0 Å². The Balaban J connectivity index is 1.14. The maximum atomic E-state index is 13.3. The number of fused-ring (bicyclic) bond motifs is 1. The second-order valence-electron chi connectivity index (χ2n) is 15.7. The Labute approximate surface area is 355 Å². The molecule has 24 nitrogen and oxygen atoms in total. The second kappa shape index (κ2) is 18.9. The normalized spacial score (nSPS) is 41.0. The number of aliphatic hydroxyl groups is 12. The lowest BCUT2D eigenvalue weighted by Crippen LogP contribution is -2.64. The third-order valence-corrected chi connectivity index (χ3v) is 11.4. The molecule has 7 rings (SSSR count). The van der Waals surface area contributed by atoms with Crippen LogP contribution in [0.15, 0.2) is 45.6 Å². The quantitative estimate of drug-likeness (QED) is 0.0856. The van der Waals surface area contributed by atoms with E-state index in [0.717, 1.165) is 24.3 Å². The molecule has 0 aliphatic carbocycles. The van der Waals surface area contributed by atoms with Gasteiger partial charge in [-0.05, 0) is 32.0 Å². The fourth-order valence-electron chi connectivity index (χ4n) is 7.64. The van der Waals surface area contributed by atoms with Gasteiger partial charge in [-0.25, -0.2) is 0 Å². The molecule has 5 heterocycles. The predicted molar refractivity (Wildman–Crippen MR) is 202 cm³/mol. The van der Waals surface area contributed by atoms with E-state index in [4.69, 9.17) is 42.3 Å². The maximum Gasteiger partial charge on any atom is 0.229 e. The maximum absolute atomic E-state index is 13.3. The smallest absolute Gasteiger partial charge is 0.229 e. The number of aromatic hydroxyl groups is 2. The van der Waals surface area contributed by atoms with E-state index < -0.39 is 153 Å². The number of rotatable bonds is 11. The Morgan fingerprint density at radius 3 is 1.54 bits per heavy atom. The standard InChI is InChI=1S/C39H50O24/c1-11-24(45)28(49)32(53)36(55-11)62-34-30(51)26(47)21(9-40)60-38(34)57-14-6-16(43)23-17(44)8-19(58-20(23)7-14)13-3-4-18(15(42)5-13)59-39-35(31(52)27(48)22(10-41)61-39)63-37-33(54)29(50)25(46)12(2)56-37/h3-8,11-12,21-22,24-43,45-54H,9-10H2,1-2H3/t11-,12-,21+,22+,24-,25-,26+,27+,28+,29+,30-,31-,32+,33+,34+,35+,36-,37-,38+,39+/m0/s1. The highest BCUT2D eigenvalue weighted by Crippen LogP contribution is 2.39. The zero-order chi connectivity index (χ0) is 45.8. The van der Waals surface area contributed by atoms with Crippen LogP contribution in [-0.4, -0.2) is 208 Å². The number of hydrogen-bond donors (Lipinski definition) is 14. The lowest BCUT2D eigenvalue weighted by molar-refractivity contribution is -0.354. The number of phenols is 2. The summed E-state index contributed by atoms with van der Waals surface area (Å²) < 4.78 is 51.2. The summed E-state index contributed by atoms with van der Waals surface area (Å²) in [5.74, 6) is -2.03. The Kier molecular flexibility index (Phi) is 14.1. The first-order valence-electron chi connectivity index (χ1n) is 19.8. The van der Waals surface area contributed by atoms with Crippen molar-refractivity contribution < 1.29 is 114 Å². The zero-order valence-electron chi connectivity index (χ0n) is 33.3. The summed E-state index contributed by atoms with van der Waals surface area (Å²) in [7, 11) is 0. The first-order chi connectivity index (χ1) is 29.8. The number of ether oxygens (including phenoxy) is 8. The van der Waals surface area contributed by atoms with Crippen LogP contribution in [0.1, 0.15) is 13.8 Å². The summed E-state index contributed by atoms with van der Waals surface area (Å²) in [6.45, 7) is 1.16. The number of aliphatic hydroxyl groups excluding tert-OH is 12. The summed E-state index contributed by atoms with van der Waals surface area (Å²) in [5.41, 5.74) is -0.987. The fourth-order valence-corrected chi connectivity index (χ4v) is 7.64. The van der Waals surface area contributed by atoms with E-state index in [1.807, 2.05) is 0 Å². The third-order valence-electron chi connectivity index (χ3n) is 11.4. The van der Waals surface area contributed by atoms with E-state index in [1.165, 1.54) is 26.0 Å². The van der Waals surface area contributed by atoms with Gasteiger partial charge in [0.15, 0.2) is 41.7 Å². The molecule has 4 saturated heterocycles. The lowest BCUT2D eigenvalue weighted by atomic mass is 9.97. The molecule has 4 aliphatic heterocycles. The molecule has 4 fully saturated rings. The van der Waals surface area contributed by atoms with E-state index in [0.29, 0.717) is 0 Å². The first kappa shape index (κ1) is 47.1. The highest BCUT2D eigenvalue weighted by molar-refractivity contribution is 5.86. The van der Waals surface area contributed by atoms with Crippen LogP contribution in [0.4, 0.5) is 0 Å². The van der Waals surface area contributed by atoms with Crippen molar-refractivity contribution in [2.75, 3.05) is 13.2 Å². The summed E-state index contributed by atoms with van der Waals surface area (Å²) in [4.78, 5) is 13.3. The molecule has 4 aliphatic rings. The summed E-state index contributed by atoms with van der Waals surface area (Å²) in [6.07, 6.45) is -32.5. The summed E-state index contributed by atoms with van der Waals surface area (Å²) in [5, 5.41) is 146. The number of hydrogen-bond acceptors (Lipinski definition) is 24. The molecule has 20 atom stereocenters. The Hall–Kier alpha value is -3.87. The molecule has 0 spiro atoms. The van der Waals surface area contributed by atoms with Gasteiger partial charge in [0, 0.05) is 23.8 Å². The molecule has 14 N–H and O–H groups in total. The highest BCUT2D eigenvalue weighted by Gasteiger charge is 2.53. The SMILES string of the molecule is C[C@@H]1O[C@@H](O[C@H]2[C@H](Oc3cc(O)c4c(=O)cc(-c5ccc(O[C@@H]6O[C@H](CO)[C@@H](O)[C@H](O)[C@H]6O[C@@H]6O[C@@H](C)[C@H](O)[C@@H](O)[C@H]6O)c(O)c5)oc4c3)O[C@H](CO)[C@@H](O)[C@@H]2O)[C@H](O)[C@H](O)[C@H]1O. The van der Waals surface area contributed by atoms with Gasteiger partial charge in [0.2, 0.25) is 12.6 Å². The molecule has 0 bridgehead atoms. The highest BCUT2D eigenvalue weighted by atomic mass is 16.8. The van der Waals surface area contributed by atoms with E-state index in [9.17, 15) is 76.3 Å². The average molecular weight is 903 g/mol. The Morgan fingerprint density at radius 2 is 1.05 bits per heavy atom. The van der Waals surface area contributed by atoms with Gasteiger partial charge < -0.3 is 114 Å². The Bertz CT molecular complexity index is 2100. The molecular formula is C39H50O24. The predicted octanol–water partition coefficient (Wildman–Crippen LogP) is -5.07. The van der Waals surface area contributed by atoms with Crippen molar-refractivity contribution in [1.29, 1.82) is 0 Å². The van der Waals surface area contributed by atoms with E-state index >= 15 is 0 Å². The average Bonchev–Trinajstić information content (AvgIpc) is 3.25. The molecule has 0 unspecified atom stereocenters. The van der Waals surface area contributed by atoms with Gasteiger partial charge in [0.25, 0.3) is 0 Å². The van der Waals surface area contributed by atoms with Crippen LogP contribution in [0, 0.1) is 0 Å². The molecular weight excluding hydrogens is 852 g/mol. The van der Waals surface area contributed by atoms with Crippen LogP contribution in [0.2, 0.25) is 0 Å². The minimum atomic E-state index is -1.86. The van der Waals surface area contributed by atoms with Crippen LogP contribution >= 0.6 is 0 Å². The summed E-state index contributed by atoms with van der Waals surface area (Å²) >= 11 is 0. The third kappa shape index (κ3) is 9.19. The molecule has 3 aromatic rings. The van der Waals surface area contributed by atoms with Crippen LogP contribution in [0.5, 0.6) is 23.0 Å². The molecule has 2 aromatic carbocycles. The number of phenolic OH excluding ortho intramolecular Hbond substituents is 2. The van der Waals surface area contributed by atoms with Crippen molar-refractivity contribution in [1.82, 2.24) is 0 Å². The molecule has 24 heteroatoms. The topological polar surface area (TPSA) is 387 Å².